The van der Waals surface area contributed by atoms with Crippen molar-refractivity contribution in [3.63, 3.8) is 0 Å². The Kier molecular flexibility index (Phi) is 2.82. The molecule has 102 valence electrons. The van der Waals surface area contributed by atoms with Crippen molar-refractivity contribution in [2.24, 2.45) is 7.05 Å². The molecule has 0 aliphatic rings. The minimum atomic E-state index is -0.303. The highest BCUT2D eigenvalue weighted by molar-refractivity contribution is 5.59. The molecule has 8 nitrogen and oxygen atoms in total. The molecule has 0 unspecified atom stereocenters. The van der Waals surface area contributed by atoms with E-state index in [4.69, 9.17) is 5.73 Å². The van der Waals surface area contributed by atoms with Crippen molar-refractivity contribution in [2.75, 3.05) is 5.73 Å². The summed E-state index contributed by atoms with van der Waals surface area (Å²) in [7, 11) is 1.81. The number of rotatable bonds is 3. The van der Waals surface area contributed by atoms with Crippen LogP contribution in [-0.4, -0.2) is 29.5 Å². The van der Waals surface area contributed by atoms with Crippen LogP contribution in [0.25, 0.3) is 11.4 Å². The third kappa shape index (κ3) is 2.30. The van der Waals surface area contributed by atoms with E-state index in [-0.39, 0.29) is 11.5 Å². The summed E-state index contributed by atoms with van der Waals surface area (Å²) in [6.45, 7) is 0.546. The Balaban J connectivity index is 2.07. The smallest absolute Gasteiger partial charge is 0.252 e. The van der Waals surface area contributed by atoms with Gasteiger partial charge in [-0.3, -0.25) is 19.1 Å². The fourth-order valence-corrected chi connectivity index (χ4v) is 2.04. The number of hydrogen-bond acceptors (Lipinski definition) is 5. The van der Waals surface area contributed by atoms with Crippen molar-refractivity contribution in [3.8, 4) is 11.4 Å². The van der Waals surface area contributed by atoms with Gasteiger partial charge in [-0.1, -0.05) is 0 Å². The molecule has 3 aromatic heterocycles. The number of anilines is 1. The molecule has 3 heterocycles. The van der Waals surface area contributed by atoms with Crippen molar-refractivity contribution < 1.29 is 0 Å². The maximum absolute atomic E-state index is 11.5. The van der Waals surface area contributed by atoms with Crippen molar-refractivity contribution in [1.29, 1.82) is 0 Å². The first-order valence-electron chi connectivity index (χ1n) is 5.99. The standard InChI is InChI=1S/C12H13N7O/c1-18-6-8(7-19-4-2-3-14-19)11(17-18)9-5-10(20)16-12(13)15-9/h2-6H,7H2,1H3,(H3,13,15,16,20). The van der Waals surface area contributed by atoms with Gasteiger partial charge in [0.1, 0.15) is 11.4 Å². The largest absolute Gasteiger partial charge is 0.369 e. The third-order valence-corrected chi connectivity index (χ3v) is 2.80. The highest BCUT2D eigenvalue weighted by atomic mass is 16.1. The lowest BCUT2D eigenvalue weighted by Crippen LogP contribution is -2.11. The van der Waals surface area contributed by atoms with Gasteiger partial charge in [-0.25, -0.2) is 4.98 Å². The first kappa shape index (κ1) is 12.2. The molecule has 3 rings (SSSR count). The van der Waals surface area contributed by atoms with E-state index in [1.54, 1.807) is 15.6 Å². The van der Waals surface area contributed by atoms with E-state index in [0.29, 0.717) is 17.9 Å². The molecule has 20 heavy (non-hydrogen) atoms. The van der Waals surface area contributed by atoms with Gasteiger partial charge in [0.2, 0.25) is 5.95 Å². The lowest BCUT2D eigenvalue weighted by atomic mass is 10.2. The van der Waals surface area contributed by atoms with Crippen molar-refractivity contribution in [3.05, 3.63) is 46.6 Å². The number of nitrogens with one attached hydrogen (secondary N) is 1. The normalized spacial score (nSPS) is 10.8. The van der Waals surface area contributed by atoms with Crippen molar-refractivity contribution in [1.82, 2.24) is 29.5 Å². The molecule has 0 amide bonds. The maximum atomic E-state index is 11.5. The van der Waals surface area contributed by atoms with E-state index in [0.717, 1.165) is 5.56 Å². The van der Waals surface area contributed by atoms with E-state index >= 15 is 0 Å². The maximum Gasteiger partial charge on any atom is 0.252 e. The Hall–Kier alpha value is -2.90. The number of aryl methyl sites for hydroxylation is 1. The van der Waals surface area contributed by atoms with Crippen LogP contribution in [0.2, 0.25) is 0 Å². The number of aromatic amines is 1. The van der Waals surface area contributed by atoms with Gasteiger partial charge in [-0.15, -0.1) is 0 Å². The van der Waals surface area contributed by atoms with Crippen LogP contribution in [-0.2, 0) is 13.6 Å². The van der Waals surface area contributed by atoms with Gasteiger partial charge in [0, 0.05) is 37.3 Å². The molecule has 0 aliphatic carbocycles. The highest BCUT2D eigenvalue weighted by Crippen LogP contribution is 2.19. The predicted octanol–water partition coefficient (Wildman–Crippen LogP) is -0.00260. The highest BCUT2D eigenvalue weighted by Gasteiger charge is 2.13. The van der Waals surface area contributed by atoms with Crippen LogP contribution in [0.4, 0.5) is 5.95 Å². The second-order valence-electron chi connectivity index (χ2n) is 4.40. The number of hydrogen-bond donors (Lipinski definition) is 2. The molecule has 3 N–H and O–H groups in total. The molecule has 0 saturated carbocycles. The van der Waals surface area contributed by atoms with Crippen LogP contribution < -0.4 is 11.3 Å². The third-order valence-electron chi connectivity index (χ3n) is 2.80. The second kappa shape index (κ2) is 4.65. The summed E-state index contributed by atoms with van der Waals surface area (Å²) < 4.78 is 3.45. The summed E-state index contributed by atoms with van der Waals surface area (Å²) in [6.07, 6.45) is 5.44. The number of H-pyrrole nitrogens is 1. The van der Waals surface area contributed by atoms with E-state index in [9.17, 15) is 4.79 Å². The van der Waals surface area contributed by atoms with E-state index < -0.39 is 0 Å². The zero-order valence-electron chi connectivity index (χ0n) is 10.8. The Labute approximate surface area is 113 Å². The van der Waals surface area contributed by atoms with E-state index in [2.05, 4.69) is 20.2 Å². The minimum Gasteiger partial charge on any atom is -0.369 e. The Morgan fingerprint density at radius 2 is 2.30 bits per heavy atom. The minimum absolute atomic E-state index is 0.0724. The molecule has 0 spiro atoms. The van der Waals surface area contributed by atoms with Crippen LogP contribution in [0.1, 0.15) is 5.56 Å². The molecule has 0 fully saturated rings. The molecular formula is C12H13N7O. The molecule has 8 heteroatoms. The van der Waals surface area contributed by atoms with Gasteiger partial charge in [0.05, 0.1) is 6.54 Å². The first-order chi connectivity index (χ1) is 9.61. The van der Waals surface area contributed by atoms with Gasteiger partial charge in [0.25, 0.3) is 5.56 Å². The summed E-state index contributed by atoms with van der Waals surface area (Å²) >= 11 is 0. The fraction of sp³-hybridized carbons (Fsp3) is 0.167. The van der Waals surface area contributed by atoms with Crippen LogP contribution in [0.5, 0.6) is 0 Å². The van der Waals surface area contributed by atoms with Gasteiger partial charge >= 0.3 is 0 Å². The fourth-order valence-electron chi connectivity index (χ4n) is 2.04. The van der Waals surface area contributed by atoms with E-state index in [1.807, 2.05) is 25.5 Å². The van der Waals surface area contributed by atoms with Crippen LogP contribution in [0.15, 0.2) is 35.5 Å². The predicted molar refractivity (Wildman–Crippen MR) is 72.8 cm³/mol. The Bertz CT molecular complexity index is 784. The number of aromatic nitrogens is 6. The zero-order chi connectivity index (χ0) is 14.1. The monoisotopic (exact) mass is 271 g/mol. The van der Waals surface area contributed by atoms with Crippen LogP contribution in [0.3, 0.4) is 0 Å². The topological polar surface area (TPSA) is 107 Å². The first-order valence-corrected chi connectivity index (χ1v) is 5.99. The second-order valence-corrected chi connectivity index (χ2v) is 4.40. The Morgan fingerprint density at radius 1 is 1.45 bits per heavy atom. The van der Waals surface area contributed by atoms with Crippen molar-refractivity contribution >= 4 is 5.95 Å². The number of nitrogen functional groups attached to an aromatic ring is 1. The van der Waals surface area contributed by atoms with Crippen molar-refractivity contribution in [2.45, 2.75) is 6.54 Å². The summed E-state index contributed by atoms with van der Waals surface area (Å²) in [5.74, 6) is 0.0724. The quantitative estimate of drug-likeness (QED) is 0.697. The van der Waals surface area contributed by atoms with E-state index in [1.165, 1.54) is 6.07 Å². The molecule has 0 aromatic carbocycles. The SMILES string of the molecule is Cn1cc(Cn2cccn2)c(-c2cc(=O)[nH]c(N)n2)n1. The van der Waals surface area contributed by atoms with Gasteiger partial charge in [-0.2, -0.15) is 10.2 Å². The molecule has 3 aromatic rings. The van der Waals surface area contributed by atoms with Gasteiger partial charge < -0.3 is 5.73 Å². The lowest BCUT2D eigenvalue weighted by Gasteiger charge is -2.02. The summed E-state index contributed by atoms with van der Waals surface area (Å²) in [5, 5.41) is 8.51. The molecule has 0 radical (unpaired) electrons. The molecule has 0 saturated heterocycles. The molecule has 0 atom stereocenters. The summed E-state index contributed by atoms with van der Waals surface area (Å²) in [4.78, 5) is 18.0. The summed E-state index contributed by atoms with van der Waals surface area (Å²) in [6, 6.07) is 3.23. The lowest BCUT2D eigenvalue weighted by molar-refractivity contribution is 0.686. The number of nitrogens with two attached hydrogens (primary N) is 1. The van der Waals surface area contributed by atoms with Gasteiger partial charge in [0.15, 0.2) is 0 Å². The summed E-state index contributed by atoms with van der Waals surface area (Å²) in [5.41, 5.74) is 7.26. The van der Waals surface area contributed by atoms with Gasteiger partial charge in [-0.05, 0) is 6.07 Å². The van der Waals surface area contributed by atoms with Crippen LogP contribution >= 0.6 is 0 Å². The molecule has 0 bridgehead atoms. The average Bonchev–Trinajstić information content (AvgIpc) is 2.98. The average molecular weight is 271 g/mol. The number of nitrogens with zero attached hydrogens (tertiary/aromatic N) is 5. The Morgan fingerprint density at radius 3 is 3.00 bits per heavy atom. The van der Waals surface area contributed by atoms with Crippen LogP contribution in [0, 0.1) is 0 Å². The zero-order valence-corrected chi connectivity index (χ0v) is 10.8. The molecular weight excluding hydrogens is 258 g/mol. The molecule has 0 aliphatic heterocycles.